The predicted octanol–water partition coefficient (Wildman–Crippen LogP) is 4.45. The lowest BCUT2D eigenvalue weighted by Crippen LogP contribution is -2.30. The highest BCUT2D eigenvalue weighted by Crippen LogP contribution is 2.36. The summed E-state index contributed by atoms with van der Waals surface area (Å²) in [5.41, 5.74) is -4.38. The smallest absolute Gasteiger partial charge is 0.416 e. The van der Waals surface area contributed by atoms with Crippen LogP contribution in [0.1, 0.15) is 6.92 Å². The van der Waals surface area contributed by atoms with Crippen molar-refractivity contribution in [2.75, 3.05) is 25.2 Å². The highest BCUT2D eigenvalue weighted by atomic mass is 35.5. The molecule has 1 atom stereocenters. The third-order valence-corrected chi connectivity index (χ3v) is 4.40. The maximum atomic E-state index is 13.6. The largest absolute Gasteiger partial charge is 0.485 e. The van der Waals surface area contributed by atoms with E-state index >= 15 is 0 Å². The highest BCUT2D eigenvalue weighted by molar-refractivity contribution is 7.86. The molecule has 0 saturated heterocycles. The molecule has 0 aliphatic carbocycles. The van der Waals surface area contributed by atoms with Gasteiger partial charge in [-0.05, 0) is 30.2 Å². The Kier molecular flexibility index (Phi) is 9.12. The second kappa shape index (κ2) is 10.5. The van der Waals surface area contributed by atoms with Gasteiger partial charge in [0.1, 0.15) is 12.7 Å². The molecule has 1 aromatic heterocycles. The number of alkyl halides is 6. The lowest BCUT2D eigenvalue weighted by molar-refractivity contribution is -0.0960. The molecule has 1 rings (SSSR count). The monoisotopic (exact) mass is 509 g/mol. The molecule has 0 aromatic carbocycles. The summed E-state index contributed by atoms with van der Waals surface area (Å²) in [6.45, 7) is 2.71. The lowest BCUT2D eigenvalue weighted by atomic mass is 10.00. The Hall–Kier alpha value is -2.32. The standard InChI is InChI=1S/C17H18ClF6N3O4S/c1-5-10(11(17(22,23)24)6-9(2)16(19,20)21)13(31-32(4,28)29)8-30-12-7-26-15(18)27-14(12)25-3/h5-7,13H,1,8H2,2-4H3,(H,25,26,27)/b9-6+,11-10-. The van der Waals surface area contributed by atoms with Crippen LogP contribution in [0.3, 0.4) is 0 Å². The second-order valence-corrected chi connectivity index (χ2v) is 8.04. The van der Waals surface area contributed by atoms with E-state index in [2.05, 4.69) is 26.0 Å². The topological polar surface area (TPSA) is 90.4 Å². The van der Waals surface area contributed by atoms with Gasteiger partial charge in [-0.3, -0.25) is 4.18 Å². The van der Waals surface area contributed by atoms with Crippen LogP contribution in [-0.4, -0.2) is 56.8 Å². The van der Waals surface area contributed by atoms with Crippen molar-refractivity contribution in [2.45, 2.75) is 25.4 Å². The molecule has 0 saturated carbocycles. The van der Waals surface area contributed by atoms with Crippen molar-refractivity contribution in [2.24, 2.45) is 0 Å². The second-order valence-electron chi connectivity index (χ2n) is 6.10. The van der Waals surface area contributed by atoms with E-state index in [1.54, 1.807) is 0 Å². The number of aromatic nitrogens is 2. The Morgan fingerprint density at radius 2 is 1.88 bits per heavy atom. The number of ether oxygens (including phenoxy) is 1. The van der Waals surface area contributed by atoms with Crippen molar-refractivity contribution < 1.29 is 43.7 Å². The molecule has 0 fully saturated rings. The number of rotatable bonds is 9. The van der Waals surface area contributed by atoms with Crippen molar-refractivity contribution in [1.29, 1.82) is 0 Å². The first-order valence-electron chi connectivity index (χ1n) is 8.40. The van der Waals surface area contributed by atoms with E-state index in [-0.39, 0.29) is 22.9 Å². The Balaban J connectivity index is 3.58. The first kappa shape index (κ1) is 27.7. The van der Waals surface area contributed by atoms with Gasteiger partial charge in [0.25, 0.3) is 10.1 Å². The molecular formula is C17H18ClF6N3O4S. The van der Waals surface area contributed by atoms with Gasteiger partial charge >= 0.3 is 12.4 Å². The molecule has 15 heteroatoms. The summed E-state index contributed by atoms with van der Waals surface area (Å²) in [6.07, 6.45) is -10.4. The Bertz CT molecular complexity index is 1010. The summed E-state index contributed by atoms with van der Waals surface area (Å²) in [7, 11) is -2.97. The summed E-state index contributed by atoms with van der Waals surface area (Å²) in [6, 6.07) is 0. The van der Waals surface area contributed by atoms with Crippen LogP contribution in [-0.2, 0) is 14.3 Å². The van der Waals surface area contributed by atoms with Gasteiger partial charge in [0, 0.05) is 12.6 Å². The molecule has 0 amide bonds. The average Bonchev–Trinajstić information content (AvgIpc) is 2.63. The first-order chi connectivity index (χ1) is 14.5. The Morgan fingerprint density at radius 3 is 2.31 bits per heavy atom. The molecule has 1 N–H and O–H groups in total. The van der Waals surface area contributed by atoms with Gasteiger partial charge in [-0.2, -0.15) is 39.7 Å². The molecule has 1 unspecified atom stereocenters. The van der Waals surface area contributed by atoms with E-state index in [0.717, 1.165) is 6.20 Å². The third-order valence-electron chi connectivity index (χ3n) is 3.63. The van der Waals surface area contributed by atoms with E-state index < -0.39 is 51.9 Å². The van der Waals surface area contributed by atoms with Crippen molar-refractivity contribution in [3.05, 3.63) is 46.9 Å². The van der Waals surface area contributed by atoms with E-state index in [1.807, 2.05) is 0 Å². The fourth-order valence-electron chi connectivity index (χ4n) is 2.22. The molecule has 0 spiro atoms. The Labute approximate surface area is 184 Å². The van der Waals surface area contributed by atoms with Gasteiger partial charge in [-0.25, -0.2) is 4.98 Å². The molecule has 0 bridgehead atoms. The third kappa shape index (κ3) is 8.31. The van der Waals surface area contributed by atoms with Crippen LogP contribution in [0.25, 0.3) is 0 Å². The minimum absolute atomic E-state index is 0.0103. The maximum absolute atomic E-state index is 13.6. The van der Waals surface area contributed by atoms with Gasteiger partial charge in [-0.1, -0.05) is 12.7 Å². The van der Waals surface area contributed by atoms with E-state index in [4.69, 9.17) is 16.3 Å². The summed E-state index contributed by atoms with van der Waals surface area (Å²) in [5, 5.41) is 2.38. The van der Waals surface area contributed by atoms with Crippen molar-refractivity contribution in [1.82, 2.24) is 9.97 Å². The van der Waals surface area contributed by atoms with Crippen LogP contribution in [0.5, 0.6) is 5.75 Å². The maximum Gasteiger partial charge on any atom is 0.416 e. The normalized spacial score (nSPS) is 15.1. The molecule has 0 radical (unpaired) electrons. The van der Waals surface area contributed by atoms with Crippen LogP contribution in [0, 0.1) is 0 Å². The Morgan fingerprint density at radius 1 is 1.28 bits per heavy atom. The predicted molar refractivity (Wildman–Crippen MR) is 105 cm³/mol. The van der Waals surface area contributed by atoms with E-state index in [9.17, 15) is 34.8 Å². The van der Waals surface area contributed by atoms with E-state index in [1.165, 1.54) is 7.05 Å². The molecule has 0 aliphatic rings. The highest BCUT2D eigenvalue weighted by Gasteiger charge is 2.40. The van der Waals surface area contributed by atoms with Gasteiger partial charge in [0.05, 0.1) is 18.0 Å². The van der Waals surface area contributed by atoms with Gasteiger partial charge in [0.15, 0.2) is 11.6 Å². The summed E-state index contributed by atoms with van der Waals surface area (Å²) >= 11 is 5.63. The zero-order valence-electron chi connectivity index (χ0n) is 16.8. The van der Waals surface area contributed by atoms with Crippen LogP contribution < -0.4 is 10.1 Å². The average molecular weight is 510 g/mol. The van der Waals surface area contributed by atoms with Crippen molar-refractivity contribution in [3.63, 3.8) is 0 Å². The van der Waals surface area contributed by atoms with Crippen LogP contribution in [0.2, 0.25) is 5.28 Å². The summed E-state index contributed by atoms with van der Waals surface area (Å²) < 4.78 is 113. The van der Waals surface area contributed by atoms with Crippen molar-refractivity contribution >= 4 is 27.5 Å². The van der Waals surface area contributed by atoms with Crippen LogP contribution in [0.4, 0.5) is 32.2 Å². The summed E-state index contributed by atoms with van der Waals surface area (Å²) in [4.78, 5) is 7.39. The zero-order valence-corrected chi connectivity index (χ0v) is 18.4. The molecule has 1 heterocycles. The minimum atomic E-state index is -5.31. The van der Waals surface area contributed by atoms with Crippen LogP contribution >= 0.6 is 11.6 Å². The van der Waals surface area contributed by atoms with Gasteiger partial charge in [-0.15, -0.1) is 0 Å². The molecule has 7 nitrogen and oxygen atoms in total. The lowest BCUT2D eigenvalue weighted by Gasteiger charge is -2.22. The number of allylic oxidation sites excluding steroid dienone is 3. The van der Waals surface area contributed by atoms with Gasteiger partial charge in [0.2, 0.25) is 5.28 Å². The number of hydrogen-bond donors (Lipinski definition) is 1. The van der Waals surface area contributed by atoms with Crippen LogP contribution in [0.15, 0.2) is 41.6 Å². The summed E-state index contributed by atoms with van der Waals surface area (Å²) in [5.74, 6) is -0.130. The fourth-order valence-corrected chi connectivity index (χ4v) is 2.94. The number of halogens is 7. The number of anilines is 1. The zero-order chi connectivity index (χ0) is 24.9. The first-order valence-corrected chi connectivity index (χ1v) is 10.6. The number of hydrogen-bond acceptors (Lipinski definition) is 7. The SMILES string of the molecule is C=C/C(=C(\C=C(/C)C(F)(F)F)C(F)(F)F)C(COc1cnc(Cl)nc1NC)OS(C)(=O)=O. The fraction of sp³-hybridized carbons (Fsp3) is 0.412. The molecule has 32 heavy (non-hydrogen) atoms. The molecule has 0 aliphatic heterocycles. The van der Waals surface area contributed by atoms with E-state index in [0.29, 0.717) is 19.3 Å². The molecule has 180 valence electrons. The van der Waals surface area contributed by atoms with Crippen molar-refractivity contribution in [3.8, 4) is 5.75 Å². The van der Waals surface area contributed by atoms with Gasteiger partial charge < -0.3 is 10.1 Å². The number of nitrogens with zero attached hydrogens (tertiary/aromatic N) is 2. The minimum Gasteiger partial charge on any atom is -0.485 e. The molecular weight excluding hydrogens is 492 g/mol. The molecule has 1 aromatic rings. The number of nitrogens with one attached hydrogen (secondary N) is 1. The quantitative estimate of drug-likeness (QED) is 0.228.